The van der Waals surface area contributed by atoms with E-state index in [9.17, 15) is 0 Å². The molecule has 0 unspecified atom stereocenters. The lowest BCUT2D eigenvalue weighted by Gasteiger charge is -2.26. The van der Waals surface area contributed by atoms with Crippen LogP contribution in [0.4, 0.5) is 17.1 Å². The van der Waals surface area contributed by atoms with E-state index >= 15 is 0 Å². The fourth-order valence-electron chi connectivity index (χ4n) is 8.41. The molecular weight excluding hydrogens is 719 g/mol. The summed E-state index contributed by atoms with van der Waals surface area (Å²) in [5.74, 6) is 0. The van der Waals surface area contributed by atoms with Crippen molar-refractivity contribution in [2.75, 3.05) is 4.90 Å². The largest absolute Gasteiger partial charge is 0.309 e. The molecule has 0 aliphatic carbocycles. The molecule has 0 N–H and O–H groups in total. The minimum atomic E-state index is 1.12. The van der Waals surface area contributed by atoms with Crippen molar-refractivity contribution in [1.29, 1.82) is 0 Å². The first kappa shape index (κ1) is 34.0. The Morgan fingerprint density at radius 3 is 1.16 bits per heavy atom. The average Bonchev–Trinajstić information content (AvgIpc) is 3.69. The van der Waals surface area contributed by atoms with E-state index in [1.165, 1.54) is 91.9 Å². The van der Waals surface area contributed by atoms with Gasteiger partial charge < -0.3 is 4.90 Å². The first-order valence-electron chi connectivity index (χ1n) is 19.8. The van der Waals surface area contributed by atoms with Crippen LogP contribution >= 0.6 is 11.3 Å². The van der Waals surface area contributed by atoms with Crippen molar-refractivity contribution in [3.63, 3.8) is 0 Å². The molecular formula is C56H37NS. The number of benzene rings is 10. The van der Waals surface area contributed by atoms with Crippen molar-refractivity contribution in [2.45, 2.75) is 0 Å². The Balaban J connectivity index is 0.980. The highest BCUT2D eigenvalue weighted by Gasteiger charge is 2.18. The number of hydrogen-bond acceptors (Lipinski definition) is 2. The quantitative estimate of drug-likeness (QED) is 0.157. The maximum Gasteiger partial charge on any atom is 0.0640 e. The van der Waals surface area contributed by atoms with Gasteiger partial charge in [-0.1, -0.05) is 164 Å². The smallest absolute Gasteiger partial charge is 0.0640 e. The van der Waals surface area contributed by atoms with E-state index in [1.54, 1.807) is 0 Å². The predicted molar refractivity (Wildman–Crippen MR) is 251 cm³/mol. The van der Waals surface area contributed by atoms with E-state index in [4.69, 9.17) is 0 Å². The lowest BCUT2D eigenvalue weighted by Crippen LogP contribution is -2.10. The van der Waals surface area contributed by atoms with Crippen molar-refractivity contribution in [1.82, 2.24) is 0 Å². The molecule has 0 bridgehead atoms. The molecule has 272 valence electrons. The summed E-state index contributed by atoms with van der Waals surface area (Å²) in [5, 5.41) is 7.55. The van der Waals surface area contributed by atoms with Crippen molar-refractivity contribution < 1.29 is 0 Å². The van der Waals surface area contributed by atoms with Gasteiger partial charge in [-0.05, 0) is 127 Å². The highest BCUT2D eigenvalue weighted by atomic mass is 32.1. The summed E-state index contributed by atoms with van der Waals surface area (Å²) in [5.41, 5.74) is 13.1. The summed E-state index contributed by atoms with van der Waals surface area (Å²) in [6, 6.07) is 81.9. The average molecular weight is 756 g/mol. The van der Waals surface area contributed by atoms with Crippen molar-refractivity contribution in [3.8, 4) is 44.5 Å². The number of thiophene rings is 1. The second-order valence-corrected chi connectivity index (χ2v) is 16.0. The standard InChI is InChI=1S/C56H37NS/c1-3-10-38(11-4-1)44-22-18-42-20-24-46(36-48(42)34-44)40-26-30-50(31-27-40)57(54-16-9-15-53-52-14-7-8-17-55(52)58-56(53)54)51-32-28-41(29-33-51)47-25-21-43-19-23-45(35-49(43)37-47)39-12-5-2-6-13-39/h1-37H. The molecule has 11 rings (SSSR count). The number of fused-ring (bicyclic) bond motifs is 5. The molecule has 1 aromatic heterocycles. The van der Waals surface area contributed by atoms with Crippen LogP contribution in [0.15, 0.2) is 224 Å². The zero-order chi connectivity index (χ0) is 38.4. The van der Waals surface area contributed by atoms with Gasteiger partial charge in [-0.2, -0.15) is 0 Å². The molecule has 0 amide bonds. The Kier molecular flexibility index (Phi) is 8.42. The molecule has 0 atom stereocenters. The molecule has 1 heterocycles. The predicted octanol–water partition coefficient (Wildman–Crippen LogP) is 16.5. The summed E-state index contributed by atoms with van der Waals surface area (Å²) >= 11 is 1.87. The fraction of sp³-hybridized carbons (Fsp3) is 0. The zero-order valence-corrected chi connectivity index (χ0v) is 32.5. The zero-order valence-electron chi connectivity index (χ0n) is 31.7. The van der Waals surface area contributed by atoms with Gasteiger partial charge in [-0.15, -0.1) is 11.3 Å². The third kappa shape index (κ3) is 6.21. The van der Waals surface area contributed by atoms with Gasteiger partial charge in [0.05, 0.1) is 10.4 Å². The minimum Gasteiger partial charge on any atom is -0.309 e. The molecule has 10 aromatic carbocycles. The van der Waals surface area contributed by atoms with Crippen LogP contribution in [-0.4, -0.2) is 0 Å². The van der Waals surface area contributed by atoms with Gasteiger partial charge in [0.2, 0.25) is 0 Å². The lowest BCUT2D eigenvalue weighted by molar-refractivity contribution is 1.30. The van der Waals surface area contributed by atoms with Gasteiger partial charge in [-0.3, -0.25) is 0 Å². The molecule has 0 saturated carbocycles. The van der Waals surface area contributed by atoms with Crippen LogP contribution in [0.2, 0.25) is 0 Å². The molecule has 0 radical (unpaired) electrons. The minimum absolute atomic E-state index is 1.12. The molecule has 0 saturated heterocycles. The summed E-state index contributed by atoms with van der Waals surface area (Å²) in [7, 11) is 0. The van der Waals surface area contributed by atoms with Crippen molar-refractivity contribution >= 4 is 70.1 Å². The van der Waals surface area contributed by atoms with E-state index in [2.05, 4.69) is 229 Å². The Labute approximate surface area is 342 Å². The second-order valence-electron chi connectivity index (χ2n) is 15.0. The van der Waals surface area contributed by atoms with Crippen LogP contribution in [0.1, 0.15) is 0 Å². The molecule has 0 aliphatic heterocycles. The van der Waals surface area contributed by atoms with Crippen LogP contribution in [0.25, 0.3) is 86.2 Å². The Bertz CT molecular complexity index is 3090. The van der Waals surface area contributed by atoms with Crippen molar-refractivity contribution in [3.05, 3.63) is 224 Å². The van der Waals surface area contributed by atoms with E-state index in [0.717, 1.165) is 11.4 Å². The van der Waals surface area contributed by atoms with E-state index in [0.29, 0.717) is 0 Å². The van der Waals surface area contributed by atoms with Crippen LogP contribution in [-0.2, 0) is 0 Å². The molecule has 0 spiro atoms. The summed E-state index contributed by atoms with van der Waals surface area (Å²) in [6.45, 7) is 0. The highest BCUT2D eigenvalue weighted by molar-refractivity contribution is 7.26. The van der Waals surface area contributed by atoms with Crippen LogP contribution in [0.5, 0.6) is 0 Å². The monoisotopic (exact) mass is 755 g/mol. The SMILES string of the molecule is c1ccc(-c2ccc3ccc(-c4ccc(N(c5ccc(-c6ccc7ccc(-c8ccccc8)cc7c6)cc5)c5cccc6c5sc5ccccc56)cc4)cc3c2)cc1. The third-order valence-corrected chi connectivity index (χ3v) is 12.6. The third-order valence-electron chi connectivity index (χ3n) is 11.4. The molecule has 58 heavy (non-hydrogen) atoms. The van der Waals surface area contributed by atoms with Gasteiger partial charge in [-0.25, -0.2) is 0 Å². The summed E-state index contributed by atoms with van der Waals surface area (Å²) in [4.78, 5) is 2.42. The summed E-state index contributed by atoms with van der Waals surface area (Å²) < 4.78 is 2.58. The molecule has 1 nitrogen and oxygen atoms in total. The molecule has 0 aliphatic rings. The normalized spacial score (nSPS) is 11.4. The Morgan fingerprint density at radius 2 is 0.672 bits per heavy atom. The van der Waals surface area contributed by atoms with Gasteiger partial charge in [0.1, 0.15) is 0 Å². The van der Waals surface area contributed by atoms with Crippen LogP contribution in [0, 0.1) is 0 Å². The van der Waals surface area contributed by atoms with Crippen LogP contribution < -0.4 is 4.90 Å². The lowest BCUT2D eigenvalue weighted by atomic mass is 9.97. The molecule has 11 aromatic rings. The number of hydrogen-bond donors (Lipinski definition) is 0. The number of anilines is 3. The highest BCUT2D eigenvalue weighted by Crippen LogP contribution is 2.45. The number of nitrogens with zero attached hydrogens (tertiary/aromatic N) is 1. The van der Waals surface area contributed by atoms with E-state index < -0.39 is 0 Å². The summed E-state index contributed by atoms with van der Waals surface area (Å²) in [6.07, 6.45) is 0. The first-order valence-corrected chi connectivity index (χ1v) is 20.6. The van der Waals surface area contributed by atoms with Gasteiger partial charge in [0.15, 0.2) is 0 Å². The van der Waals surface area contributed by atoms with Gasteiger partial charge in [0, 0.05) is 26.8 Å². The van der Waals surface area contributed by atoms with Crippen LogP contribution in [0.3, 0.4) is 0 Å². The Morgan fingerprint density at radius 1 is 0.276 bits per heavy atom. The molecule has 0 fully saturated rings. The van der Waals surface area contributed by atoms with Gasteiger partial charge >= 0.3 is 0 Å². The van der Waals surface area contributed by atoms with Crippen molar-refractivity contribution in [2.24, 2.45) is 0 Å². The number of rotatable bonds is 7. The maximum absolute atomic E-state index is 2.42. The maximum atomic E-state index is 2.42. The van der Waals surface area contributed by atoms with E-state index in [1.807, 2.05) is 11.3 Å². The van der Waals surface area contributed by atoms with E-state index in [-0.39, 0.29) is 0 Å². The Hall–Kier alpha value is -7.26. The topological polar surface area (TPSA) is 3.24 Å². The first-order chi connectivity index (χ1) is 28.7. The molecule has 2 heteroatoms. The van der Waals surface area contributed by atoms with Gasteiger partial charge in [0.25, 0.3) is 0 Å². The fourth-order valence-corrected chi connectivity index (χ4v) is 9.62. The second kappa shape index (κ2) is 14.4.